The van der Waals surface area contributed by atoms with Gasteiger partial charge in [-0.25, -0.2) is 8.42 Å². The molecule has 3 atom stereocenters. The van der Waals surface area contributed by atoms with Gasteiger partial charge in [-0.15, -0.1) is 11.6 Å². The number of carbonyl (C=O) groups excluding carboxylic acids is 1. The molecule has 0 aromatic rings. The van der Waals surface area contributed by atoms with Crippen molar-refractivity contribution in [3.63, 3.8) is 0 Å². The fourth-order valence-electron chi connectivity index (χ4n) is 2.33. The zero-order valence-electron chi connectivity index (χ0n) is 11.0. The maximum atomic E-state index is 11.7. The van der Waals surface area contributed by atoms with Crippen LogP contribution in [-0.4, -0.2) is 38.3 Å². The van der Waals surface area contributed by atoms with E-state index in [9.17, 15) is 13.2 Å². The first kappa shape index (κ1) is 15.8. The van der Waals surface area contributed by atoms with Gasteiger partial charge in [0, 0.05) is 18.7 Å². The Morgan fingerprint density at radius 1 is 1.33 bits per heavy atom. The minimum atomic E-state index is -3.31. The molecule has 1 aliphatic rings. The highest BCUT2D eigenvalue weighted by atomic mass is 35.5. The molecule has 0 heterocycles. The minimum Gasteiger partial charge on any atom is -0.355 e. The molecule has 0 aromatic heterocycles. The van der Waals surface area contributed by atoms with Gasteiger partial charge in [-0.1, -0.05) is 12.8 Å². The van der Waals surface area contributed by atoms with Crippen molar-refractivity contribution >= 4 is 27.3 Å². The molecule has 3 unspecified atom stereocenters. The van der Waals surface area contributed by atoms with E-state index in [1.807, 2.05) is 0 Å². The number of nitrogens with one attached hydrogen (secondary N) is 1. The number of hydrogen-bond donors (Lipinski definition) is 1. The average molecular weight is 296 g/mol. The van der Waals surface area contributed by atoms with Crippen LogP contribution in [0.4, 0.5) is 0 Å². The number of hydrogen-bond acceptors (Lipinski definition) is 3. The summed E-state index contributed by atoms with van der Waals surface area (Å²) in [6.07, 6.45) is 5.60. The van der Waals surface area contributed by atoms with Gasteiger partial charge in [-0.3, -0.25) is 4.79 Å². The molecule has 1 saturated carbocycles. The fourth-order valence-corrected chi connectivity index (χ4v) is 3.20. The Morgan fingerprint density at radius 3 is 2.39 bits per heavy atom. The van der Waals surface area contributed by atoms with Gasteiger partial charge >= 0.3 is 0 Å². The standard InChI is InChI=1S/C12H22ClNO3S/c1-9(18(2,16)17)12(15)14-8-11-6-4-3-5-10(11)7-13/h9-11H,3-8H2,1-2H3,(H,14,15). The number of rotatable bonds is 5. The predicted molar refractivity (Wildman–Crippen MR) is 73.5 cm³/mol. The summed E-state index contributed by atoms with van der Waals surface area (Å²) < 4.78 is 22.5. The first-order chi connectivity index (χ1) is 8.36. The Kier molecular flexibility index (Phi) is 5.92. The van der Waals surface area contributed by atoms with Gasteiger partial charge in [0.25, 0.3) is 0 Å². The second kappa shape index (κ2) is 6.75. The summed E-state index contributed by atoms with van der Waals surface area (Å²) in [5.74, 6) is 1.03. The molecule has 18 heavy (non-hydrogen) atoms. The van der Waals surface area contributed by atoms with Crippen LogP contribution in [0.2, 0.25) is 0 Å². The molecule has 4 nitrogen and oxygen atoms in total. The lowest BCUT2D eigenvalue weighted by Crippen LogP contribution is -2.41. The summed E-state index contributed by atoms with van der Waals surface area (Å²) in [5.41, 5.74) is 0. The van der Waals surface area contributed by atoms with Crippen LogP contribution in [-0.2, 0) is 14.6 Å². The molecule has 1 rings (SSSR count). The maximum absolute atomic E-state index is 11.7. The fraction of sp³-hybridized carbons (Fsp3) is 0.917. The molecule has 1 N–H and O–H groups in total. The van der Waals surface area contributed by atoms with Crippen LogP contribution in [0.3, 0.4) is 0 Å². The van der Waals surface area contributed by atoms with E-state index in [-0.39, 0.29) is 0 Å². The number of amides is 1. The van der Waals surface area contributed by atoms with E-state index in [1.165, 1.54) is 13.3 Å². The zero-order chi connectivity index (χ0) is 13.8. The highest BCUT2D eigenvalue weighted by molar-refractivity contribution is 7.92. The number of carbonyl (C=O) groups is 1. The van der Waals surface area contributed by atoms with E-state index in [0.717, 1.165) is 25.5 Å². The largest absolute Gasteiger partial charge is 0.355 e. The molecule has 0 radical (unpaired) electrons. The first-order valence-electron chi connectivity index (χ1n) is 6.38. The molecule has 1 amide bonds. The Balaban J connectivity index is 2.46. The van der Waals surface area contributed by atoms with E-state index in [4.69, 9.17) is 11.6 Å². The summed E-state index contributed by atoms with van der Waals surface area (Å²) >= 11 is 5.92. The van der Waals surface area contributed by atoms with Crippen LogP contribution < -0.4 is 5.32 Å². The number of alkyl halides is 1. The Morgan fingerprint density at radius 2 is 1.89 bits per heavy atom. The monoisotopic (exact) mass is 295 g/mol. The smallest absolute Gasteiger partial charge is 0.238 e. The lowest BCUT2D eigenvalue weighted by atomic mass is 9.80. The predicted octanol–water partition coefficient (Wildman–Crippen LogP) is 1.58. The topological polar surface area (TPSA) is 63.2 Å². The maximum Gasteiger partial charge on any atom is 0.238 e. The average Bonchev–Trinajstić information content (AvgIpc) is 2.34. The molecule has 1 fully saturated rings. The molecule has 0 bridgehead atoms. The Hall–Kier alpha value is -0.290. The van der Waals surface area contributed by atoms with Crippen LogP contribution >= 0.6 is 11.6 Å². The van der Waals surface area contributed by atoms with Gasteiger partial charge in [0.05, 0.1) is 0 Å². The van der Waals surface area contributed by atoms with Gasteiger partial charge in [0.2, 0.25) is 5.91 Å². The van der Waals surface area contributed by atoms with Gasteiger partial charge in [-0.2, -0.15) is 0 Å². The number of halogens is 1. The molecular weight excluding hydrogens is 274 g/mol. The lowest BCUT2D eigenvalue weighted by molar-refractivity contribution is -0.120. The second-order valence-electron chi connectivity index (χ2n) is 5.18. The summed E-state index contributed by atoms with van der Waals surface area (Å²) in [7, 11) is -3.31. The van der Waals surface area contributed by atoms with Crippen LogP contribution in [0.25, 0.3) is 0 Å². The van der Waals surface area contributed by atoms with E-state index >= 15 is 0 Å². The Labute approximate surface area is 114 Å². The third-order valence-electron chi connectivity index (χ3n) is 3.81. The van der Waals surface area contributed by atoms with Crippen molar-refractivity contribution in [1.82, 2.24) is 5.32 Å². The lowest BCUT2D eigenvalue weighted by Gasteiger charge is -2.30. The van der Waals surface area contributed by atoms with Crippen LogP contribution in [0.1, 0.15) is 32.6 Å². The van der Waals surface area contributed by atoms with Crippen molar-refractivity contribution in [2.24, 2.45) is 11.8 Å². The van der Waals surface area contributed by atoms with Crippen molar-refractivity contribution in [2.45, 2.75) is 37.9 Å². The van der Waals surface area contributed by atoms with Crippen molar-refractivity contribution in [3.05, 3.63) is 0 Å². The molecule has 0 aromatic carbocycles. The second-order valence-corrected chi connectivity index (χ2v) is 7.85. The molecule has 1 aliphatic carbocycles. The molecule has 0 saturated heterocycles. The van der Waals surface area contributed by atoms with E-state index in [0.29, 0.717) is 24.3 Å². The quantitative estimate of drug-likeness (QED) is 0.783. The summed E-state index contributed by atoms with van der Waals surface area (Å²) in [5, 5.41) is 1.77. The SMILES string of the molecule is CC(C(=O)NCC1CCCCC1CCl)S(C)(=O)=O. The minimum absolute atomic E-state index is 0.381. The third-order valence-corrected chi connectivity index (χ3v) is 5.71. The highest BCUT2D eigenvalue weighted by Gasteiger charge is 2.27. The van der Waals surface area contributed by atoms with E-state index < -0.39 is 21.0 Å². The van der Waals surface area contributed by atoms with E-state index in [2.05, 4.69) is 5.32 Å². The molecular formula is C12H22ClNO3S. The Bertz CT molecular complexity index is 383. The van der Waals surface area contributed by atoms with Crippen LogP contribution in [0, 0.1) is 11.8 Å². The number of sulfone groups is 1. The third kappa shape index (κ3) is 4.43. The highest BCUT2D eigenvalue weighted by Crippen LogP contribution is 2.30. The van der Waals surface area contributed by atoms with Gasteiger partial charge in [0.1, 0.15) is 5.25 Å². The van der Waals surface area contributed by atoms with Crippen molar-refractivity contribution in [2.75, 3.05) is 18.7 Å². The normalized spacial score (nSPS) is 26.6. The molecule has 6 heteroatoms. The van der Waals surface area contributed by atoms with Crippen LogP contribution in [0.5, 0.6) is 0 Å². The summed E-state index contributed by atoms with van der Waals surface area (Å²) in [6, 6.07) is 0. The molecule has 0 aliphatic heterocycles. The van der Waals surface area contributed by atoms with Crippen molar-refractivity contribution < 1.29 is 13.2 Å². The first-order valence-corrected chi connectivity index (χ1v) is 8.87. The van der Waals surface area contributed by atoms with Crippen molar-refractivity contribution in [1.29, 1.82) is 0 Å². The zero-order valence-corrected chi connectivity index (χ0v) is 12.6. The van der Waals surface area contributed by atoms with Gasteiger partial charge in [0.15, 0.2) is 9.84 Å². The molecule has 0 spiro atoms. The van der Waals surface area contributed by atoms with E-state index in [1.54, 1.807) is 0 Å². The summed E-state index contributed by atoms with van der Waals surface area (Å²) in [4.78, 5) is 11.7. The van der Waals surface area contributed by atoms with Gasteiger partial charge in [-0.05, 0) is 31.6 Å². The molecule has 106 valence electrons. The van der Waals surface area contributed by atoms with Gasteiger partial charge < -0.3 is 5.32 Å². The van der Waals surface area contributed by atoms with Crippen molar-refractivity contribution in [3.8, 4) is 0 Å². The van der Waals surface area contributed by atoms with Crippen LogP contribution in [0.15, 0.2) is 0 Å². The summed E-state index contributed by atoms with van der Waals surface area (Å²) in [6.45, 7) is 1.96.